The lowest BCUT2D eigenvalue weighted by atomic mass is 10.1. The molecule has 1 aromatic carbocycles. The highest BCUT2D eigenvalue weighted by molar-refractivity contribution is 6.36. The van der Waals surface area contributed by atoms with Crippen molar-refractivity contribution in [2.75, 3.05) is 18.4 Å². The fourth-order valence-corrected chi connectivity index (χ4v) is 4.91. The summed E-state index contributed by atoms with van der Waals surface area (Å²) in [5, 5.41) is 3.28. The van der Waals surface area contributed by atoms with Gasteiger partial charge in [0.05, 0.1) is 17.1 Å². The number of nitrogens with zero attached hydrogens (tertiary/aromatic N) is 6. The number of fused-ring (bicyclic) bond motifs is 1. The molecular formula is C27H26ClN7O3. The predicted molar refractivity (Wildman–Crippen MR) is 143 cm³/mol. The Kier molecular flexibility index (Phi) is 7.32. The molecule has 2 amide bonds. The fourth-order valence-electron chi connectivity index (χ4n) is 4.62. The molecule has 1 aliphatic rings. The van der Waals surface area contributed by atoms with Crippen molar-refractivity contribution in [1.82, 2.24) is 29.4 Å². The molecule has 1 saturated heterocycles. The van der Waals surface area contributed by atoms with Crippen molar-refractivity contribution >= 4 is 40.4 Å². The van der Waals surface area contributed by atoms with Gasteiger partial charge in [-0.2, -0.15) is 0 Å². The first-order valence-electron chi connectivity index (χ1n) is 12.2. The largest absolute Gasteiger partial charge is 0.437 e. The van der Waals surface area contributed by atoms with Crippen molar-refractivity contribution in [3.05, 3.63) is 78.0 Å². The Hall–Kier alpha value is -4.31. The quantitative estimate of drug-likeness (QED) is 0.349. The van der Waals surface area contributed by atoms with Crippen LogP contribution in [0.25, 0.3) is 11.0 Å². The molecule has 4 aromatic rings. The first-order valence-corrected chi connectivity index (χ1v) is 12.6. The number of pyridine rings is 1. The summed E-state index contributed by atoms with van der Waals surface area (Å²) in [5.74, 6) is 0.588. The number of carbonyl (C=O) groups is 2. The highest BCUT2D eigenvalue weighted by atomic mass is 35.5. The first-order chi connectivity index (χ1) is 18.4. The van der Waals surface area contributed by atoms with E-state index in [4.69, 9.17) is 21.3 Å². The monoisotopic (exact) mass is 531 g/mol. The molecule has 1 atom stereocenters. The van der Waals surface area contributed by atoms with Gasteiger partial charge in [-0.3, -0.25) is 19.9 Å². The normalized spacial score (nSPS) is 15.6. The van der Waals surface area contributed by atoms with Crippen LogP contribution < -0.4 is 10.1 Å². The van der Waals surface area contributed by atoms with Crippen LogP contribution >= 0.6 is 11.6 Å². The van der Waals surface area contributed by atoms with Crippen molar-refractivity contribution in [2.45, 2.75) is 32.2 Å². The van der Waals surface area contributed by atoms with Crippen LogP contribution in [0.1, 0.15) is 41.4 Å². The number of hydrogen-bond donors (Lipinski definition) is 1. The third kappa shape index (κ3) is 5.21. The third-order valence-electron chi connectivity index (χ3n) is 6.41. The number of benzene rings is 1. The Morgan fingerprint density at radius 2 is 2.05 bits per heavy atom. The van der Waals surface area contributed by atoms with E-state index in [1.54, 1.807) is 47.6 Å². The zero-order valence-electron chi connectivity index (χ0n) is 20.8. The van der Waals surface area contributed by atoms with Gasteiger partial charge in [-0.25, -0.2) is 15.0 Å². The fraction of sp³-hybridized carbons (Fsp3) is 0.259. The molecule has 10 nitrogen and oxygen atoms in total. The molecule has 0 aliphatic carbocycles. The van der Waals surface area contributed by atoms with Gasteiger partial charge < -0.3 is 14.2 Å². The highest BCUT2D eigenvalue weighted by Crippen LogP contribution is 2.39. The number of aryl methyl sites for hydroxylation is 1. The van der Waals surface area contributed by atoms with Crippen LogP contribution in [0.4, 0.5) is 5.95 Å². The lowest BCUT2D eigenvalue weighted by Gasteiger charge is -2.26. The number of imidazole rings is 1. The number of anilines is 1. The van der Waals surface area contributed by atoms with Crippen LogP contribution in [0.3, 0.4) is 0 Å². The van der Waals surface area contributed by atoms with Crippen LogP contribution in [0, 0.1) is 6.92 Å². The van der Waals surface area contributed by atoms with E-state index in [-0.39, 0.29) is 17.9 Å². The van der Waals surface area contributed by atoms with Crippen molar-refractivity contribution in [3.63, 3.8) is 0 Å². The maximum absolute atomic E-state index is 13.2. The van der Waals surface area contributed by atoms with E-state index in [1.165, 1.54) is 12.4 Å². The topological polar surface area (TPSA) is 115 Å². The summed E-state index contributed by atoms with van der Waals surface area (Å²) in [4.78, 5) is 44.5. The van der Waals surface area contributed by atoms with Crippen molar-refractivity contribution in [1.29, 1.82) is 0 Å². The average Bonchev–Trinajstić information content (AvgIpc) is 3.11. The van der Waals surface area contributed by atoms with Gasteiger partial charge in [0.15, 0.2) is 0 Å². The zero-order chi connectivity index (χ0) is 26.6. The molecule has 1 N–H and O–H groups in total. The average molecular weight is 532 g/mol. The summed E-state index contributed by atoms with van der Waals surface area (Å²) < 4.78 is 7.85. The maximum Gasteiger partial charge on any atom is 0.258 e. The molecule has 38 heavy (non-hydrogen) atoms. The number of carbonyl (C=O) groups excluding carboxylic acids is 2. The Bertz CT molecular complexity index is 1510. The molecule has 1 fully saturated rings. The lowest BCUT2D eigenvalue weighted by molar-refractivity contribution is -0.126. The molecule has 0 bridgehead atoms. The summed E-state index contributed by atoms with van der Waals surface area (Å²) in [6.07, 6.45) is 8.38. The van der Waals surface area contributed by atoms with E-state index < -0.39 is 0 Å². The smallest absolute Gasteiger partial charge is 0.258 e. The van der Waals surface area contributed by atoms with Gasteiger partial charge in [-0.15, -0.1) is 0 Å². The van der Waals surface area contributed by atoms with Crippen molar-refractivity contribution in [2.24, 2.45) is 0 Å². The first kappa shape index (κ1) is 25.3. The minimum atomic E-state index is -0.326. The molecule has 0 spiro atoms. The minimum Gasteiger partial charge on any atom is -0.437 e. The van der Waals surface area contributed by atoms with E-state index in [1.807, 2.05) is 11.5 Å². The van der Waals surface area contributed by atoms with Gasteiger partial charge in [0, 0.05) is 42.8 Å². The van der Waals surface area contributed by atoms with Crippen LogP contribution in [0.15, 0.2) is 61.7 Å². The Morgan fingerprint density at radius 1 is 1.18 bits per heavy atom. The summed E-state index contributed by atoms with van der Waals surface area (Å²) in [6.45, 7) is 6.51. The lowest BCUT2D eigenvalue weighted by Crippen LogP contribution is -2.34. The van der Waals surface area contributed by atoms with Crippen molar-refractivity contribution in [3.8, 4) is 11.6 Å². The predicted octanol–water partition coefficient (Wildman–Crippen LogP) is 4.97. The van der Waals surface area contributed by atoms with E-state index in [2.05, 4.69) is 26.8 Å². The van der Waals surface area contributed by atoms with Crippen LogP contribution in [0.5, 0.6) is 11.6 Å². The number of halogens is 1. The number of hydrogen-bond acceptors (Lipinski definition) is 7. The molecule has 1 unspecified atom stereocenters. The second-order valence-electron chi connectivity index (χ2n) is 8.98. The van der Waals surface area contributed by atoms with Crippen LogP contribution in [-0.2, 0) is 4.79 Å². The van der Waals surface area contributed by atoms with E-state index >= 15 is 0 Å². The summed E-state index contributed by atoms with van der Waals surface area (Å²) in [5.41, 5.74) is 2.36. The van der Waals surface area contributed by atoms with Gasteiger partial charge in [0.1, 0.15) is 17.1 Å². The van der Waals surface area contributed by atoms with Crippen LogP contribution in [-0.4, -0.2) is 54.3 Å². The van der Waals surface area contributed by atoms with E-state index in [0.29, 0.717) is 52.3 Å². The Labute approximate surface area is 224 Å². The van der Waals surface area contributed by atoms with Gasteiger partial charge in [-0.05, 0) is 56.5 Å². The molecule has 5 rings (SSSR count). The molecule has 11 heteroatoms. The van der Waals surface area contributed by atoms with E-state index in [9.17, 15) is 9.59 Å². The zero-order valence-corrected chi connectivity index (χ0v) is 21.6. The Balaban J connectivity index is 1.61. The molecule has 194 valence electrons. The summed E-state index contributed by atoms with van der Waals surface area (Å²) >= 11 is 6.92. The highest BCUT2D eigenvalue weighted by Gasteiger charge is 2.28. The van der Waals surface area contributed by atoms with Crippen LogP contribution in [0.2, 0.25) is 5.02 Å². The molecular weight excluding hydrogens is 506 g/mol. The Morgan fingerprint density at radius 3 is 2.82 bits per heavy atom. The third-order valence-corrected chi connectivity index (χ3v) is 6.77. The molecule has 3 aromatic heterocycles. The van der Waals surface area contributed by atoms with Gasteiger partial charge in [-0.1, -0.05) is 18.2 Å². The minimum absolute atomic E-state index is 0.141. The van der Waals surface area contributed by atoms with E-state index in [0.717, 1.165) is 25.0 Å². The summed E-state index contributed by atoms with van der Waals surface area (Å²) in [7, 11) is 0. The number of likely N-dealkylation sites (tertiary alicyclic amines) is 1. The molecule has 4 heterocycles. The number of ether oxygens (including phenoxy) is 1. The maximum atomic E-state index is 13.2. The standard InChI is InChI=1S/C27H26ClN7O3/c1-3-23(36)34-13-5-4-6-19(15-34)35-25-20(7-8-21(24(25)28)38-22-10-11-29-16-31-22)32-27(35)33-26(37)18-9-12-30-17(2)14-18/h3,7-12,14,16,19H,1,4-6,13,15H2,2H3,(H,32,33,37). The number of aromatic nitrogens is 5. The molecule has 1 aliphatic heterocycles. The van der Waals surface area contributed by atoms with Crippen molar-refractivity contribution < 1.29 is 14.3 Å². The second kappa shape index (κ2) is 11.0. The number of nitrogens with one attached hydrogen (secondary N) is 1. The van der Waals surface area contributed by atoms with Gasteiger partial charge in [0.2, 0.25) is 17.7 Å². The molecule has 0 saturated carbocycles. The summed E-state index contributed by atoms with van der Waals surface area (Å²) in [6, 6.07) is 8.27. The van der Waals surface area contributed by atoms with Gasteiger partial charge >= 0.3 is 0 Å². The second-order valence-corrected chi connectivity index (χ2v) is 9.36. The molecule has 0 radical (unpaired) electrons. The number of rotatable bonds is 6. The van der Waals surface area contributed by atoms with Gasteiger partial charge in [0.25, 0.3) is 5.91 Å². The number of amides is 2. The SMILES string of the molecule is C=CC(=O)N1CCCCC(n2c(NC(=O)c3ccnc(C)c3)nc3ccc(Oc4ccncn4)c(Cl)c32)C1.